The molecule has 2 rings (SSSR count). The molecule has 0 aromatic rings. The van der Waals surface area contributed by atoms with Crippen molar-refractivity contribution in [2.24, 2.45) is 23.5 Å². The lowest BCUT2D eigenvalue weighted by atomic mass is 9.77. The van der Waals surface area contributed by atoms with E-state index in [0.29, 0.717) is 6.04 Å². The van der Waals surface area contributed by atoms with Crippen LogP contribution in [-0.4, -0.2) is 30.6 Å². The first-order valence-corrected chi connectivity index (χ1v) is 7.07. The third-order valence-corrected chi connectivity index (χ3v) is 5.12. The average Bonchev–Trinajstić information content (AvgIpc) is 3.07. The molecular weight excluding hydrogens is 196 g/mol. The van der Waals surface area contributed by atoms with Crippen molar-refractivity contribution in [1.82, 2.24) is 4.90 Å². The molecule has 4 atom stereocenters. The van der Waals surface area contributed by atoms with Gasteiger partial charge in [-0.15, -0.1) is 0 Å². The second-order valence-electron chi connectivity index (χ2n) is 6.14. The molecule has 2 saturated carbocycles. The summed E-state index contributed by atoms with van der Waals surface area (Å²) < 4.78 is 0. The van der Waals surface area contributed by atoms with Crippen molar-refractivity contribution in [3.8, 4) is 0 Å². The predicted molar refractivity (Wildman–Crippen MR) is 69.3 cm³/mol. The summed E-state index contributed by atoms with van der Waals surface area (Å²) in [6.07, 6.45) is 7.02. The Labute approximate surface area is 101 Å². The lowest BCUT2D eigenvalue weighted by Gasteiger charge is -2.43. The fraction of sp³-hybridized carbons (Fsp3) is 1.00. The molecule has 0 heterocycles. The van der Waals surface area contributed by atoms with E-state index in [-0.39, 0.29) is 0 Å². The molecule has 0 aromatic heterocycles. The first-order valence-electron chi connectivity index (χ1n) is 7.07. The zero-order valence-electron chi connectivity index (χ0n) is 11.2. The molecule has 2 aliphatic carbocycles. The molecule has 2 nitrogen and oxygen atoms in total. The Bertz CT molecular complexity index is 225. The van der Waals surface area contributed by atoms with Gasteiger partial charge in [0.1, 0.15) is 0 Å². The third kappa shape index (κ3) is 2.43. The number of hydrogen-bond donors (Lipinski definition) is 1. The van der Waals surface area contributed by atoms with Crippen molar-refractivity contribution in [1.29, 1.82) is 0 Å². The SMILES string of the molecule is CC1CCCC(N(C)C(CN)C2CC2)C1C. The number of nitrogens with two attached hydrogens (primary N) is 1. The highest BCUT2D eigenvalue weighted by Gasteiger charge is 2.38. The van der Waals surface area contributed by atoms with Crippen LogP contribution in [0.3, 0.4) is 0 Å². The van der Waals surface area contributed by atoms with E-state index in [1.54, 1.807) is 0 Å². The van der Waals surface area contributed by atoms with Gasteiger partial charge in [0.15, 0.2) is 0 Å². The minimum absolute atomic E-state index is 0.651. The Morgan fingerprint density at radius 1 is 1.19 bits per heavy atom. The van der Waals surface area contributed by atoms with Crippen LogP contribution in [0.2, 0.25) is 0 Å². The lowest BCUT2D eigenvalue weighted by molar-refractivity contribution is 0.0636. The summed E-state index contributed by atoms with van der Waals surface area (Å²) in [5.41, 5.74) is 5.96. The predicted octanol–water partition coefficient (Wildman–Crippen LogP) is 2.48. The van der Waals surface area contributed by atoms with E-state index in [2.05, 4.69) is 25.8 Å². The van der Waals surface area contributed by atoms with Crippen LogP contribution in [0.5, 0.6) is 0 Å². The molecule has 0 saturated heterocycles. The van der Waals surface area contributed by atoms with E-state index < -0.39 is 0 Å². The standard InChI is InChI=1S/C14H28N2/c1-10-5-4-6-13(11(10)2)16(3)14(9-15)12-7-8-12/h10-14H,4-9,15H2,1-3H3. The van der Waals surface area contributed by atoms with Gasteiger partial charge in [-0.2, -0.15) is 0 Å². The van der Waals surface area contributed by atoms with Gasteiger partial charge in [0.2, 0.25) is 0 Å². The van der Waals surface area contributed by atoms with Crippen LogP contribution in [0.4, 0.5) is 0 Å². The van der Waals surface area contributed by atoms with E-state index in [1.807, 2.05) is 0 Å². The zero-order valence-corrected chi connectivity index (χ0v) is 11.2. The molecule has 0 amide bonds. The number of nitrogens with zero attached hydrogens (tertiary/aromatic N) is 1. The molecular formula is C14H28N2. The van der Waals surface area contributed by atoms with Gasteiger partial charge in [0.25, 0.3) is 0 Å². The summed E-state index contributed by atoms with van der Waals surface area (Å²) in [5.74, 6) is 2.63. The second kappa shape index (κ2) is 5.05. The maximum Gasteiger partial charge on any atom is 0.0246 e. The van der Waals surface area contributed by atoms with Crippen LogP contribution >= 0.6 is 0 Å². The van der Waals surface area contributed by atoms with Crippen molar-refractivity contribution < 1.29 is 0 Å². The fourth-order valence-corrected chi connectivity index (χ4v) is 3.55. The van der Waals surface area contributed by atoms with Crippen molar-refractivity contribution in [2.75, 3.05) is 13.6 Å². The molecule has 2 heteroatoms. The Kier molecular flexibility index (Phi) is 3.91. The Balaban J connectivity index is 1.98. The molecule has 2 N–H and O–H groups in total. The van der Waals surface area contributed by atoms with Gasteiger partial charge in [0, 0.05) is 18.6 Å². The number of rotatable bonds is 4. The van der Waals surface area contributed by atoms with Crippen LogP contribution in [0.15, 0.2) is 0 Å². The molecule has 16 heavy (non-hydrogen) atoms. The monoisotopic (exact) mass is 224 g/mol. The van der Waals surface area contributed by atoms with E-state index in [0.717, 1.165) is 30.3 Å². The molecule has 0 aliphatic heterocycles. The summed E-state index contributed by atoms with van der Waals surface area (Å²) in [7, 11) is 2.31. The van der Waals surface area contributed by atoms with Crippen LogP contribution in [-0.2, 0) is 0 Å². The molecule has 0 spiro atoms. The summed E-state index contributed by atoms with van der Waals surface area (Å²) in [5, 5.41) is 0. The highest BCUT2D eigenvalue weighted by molar-refractivity contribution is 4.93. The smallest absolute Gasteiger partial charge is 0.0246 e. The Hall–Kier alpha value is -0.0800. The first-order chi connectivity index (χ1) is 7.65. The average molecular weight is 224 g/mol. The maximum atomic E-state index is 5.96. The summed E-state index contributed by atoms with van der Waals surface area (Å²) in [4.78, 5) is 2.62. The molecule has 0 radical (unpaired) electrons. The lowest BCUT2D eigenvalue weighted by Crippen LogP contribution is -2.50. The van der Waals surface area contributed by atoms with Crippen LogP contribution in [0.1, 0.15) is 46.0 Å². The van der Waals surface area contributed by atoms with Crippen molar-refractivity contribution in [3.63, 3.8) is 0 Å². The quantitative estimate of drug-likeness (QED) is 0.795. The van der Waals surface area contributed by atoms with Gasteiger partial charge >= 0.3 is 0 Å². The highest BCUT2D eigenvalue weighted by atomic mass is 15.2. The number of likely N-dealkylation sites (N-methyl/N-ethyl adjacent to an activating group) is 1. The van der Waals surface area contributed by atoms with E-state index >= 15 is 0 Å². The Morgan fingerprint density at radius 2 is 1.88 bits per heavy atom. The molecule has 2 aliphatic rings. The summed E-state index contributed by atoms with van der Waals surface area (Å²) in [6.45, 7) is 5.70. The molecule has 2 fully saturated rings. The largest absolute Gasteiger partial charge is 0.329 e. The van der Waals surface area contributed by atoms with Gasteiger partial charge in [-0.05, 0) is 44.1 Å². The first kappa shape index (κ1) is 12.4. The minimum atomic E-state index is 0.651. The second-order valence-corrected chi connectivity index (χ2v) is 6.14. The van der Waals surface area contributed by atoms with Gasteiger partial charge in [-0.1, -0.05) is 26.7 Å². The van der Waals surface area contributed by atoms with Crippen LogP contribution in [0, 0.1) is 17.8 Å². The minimum Gasteiger partial charge on any atom is -0.329 e. The van der Waals surface area contributed by atoms with Gasteiger partial charge < -0.3 is 5.73 Å². The van der Waals surface area contributed by atoms with Gasteiger partial charge in [0.05, 0.1) is 0 Å². The molecule has 0 bridgehead atoms. The van der Waals surface area contributed by atoms with Crippen molar-refractivity contribution in [2.45, 2.75) is 58.0 Å². The summed E-state index contributed by atoms with van der Waals surface area (Å²) >= 11 is 0. The maximum absolute atomic E-state index is 5.96. The normalized spacial score (nSPS) is 37.7. The van der Waals surface area contributed by atoms with E-state index in [9.17, 15) is 0 Å². The topological polar surface area (TPSA) is 29.3 Å². The van der Waals surface area contributed by atoms with Crippen molar-refractivity contribution in [3.05, 3.63) is 0 Å². The van der Waals surface area contributed by atoms with Gasteiger partial charge in [-0.25, -0.2) is 0 Å². The number of hydrogen-bond acceptors (Lipinski definition) is 2. The molecule has 94 valence electrons. The van der Waals surface area contributed by atoms with E-state index in [4.69, 9.17) is 5.73 Å². The van der Waals surface area contributed by atoms with Crippen LogP contribution in [0.25, 0.3) is 0 Å². The van der Waals surface area contributed by atoms with Crippen LogP contribution < -0.4 is 5.73 Å². The van der Waals surface area contributed by atoms with Crippen molar-refractivity contribution >= 4 is 0 Å². The highest BCUT2D eigenvalue weighted by Crippen LogP contribution is 2.39. The fourth-order valence-electron chi connectivity index (χ4n) is 3.55. The van der Waals surface area contributed by atoms with E-state index in [1.165, 1.54) is 32.1 Å². The molecule has 4 unspecified atom stereocenters. The zero-order chi connectivity index (χ0) is 11.7. The Morgan fingerprint density at radius 3 is 2.44 bits per heavy atom. The third-order valence-electron chi connectivity index (χ3n) is 5.12. The summed E-state index contributed by atoms with van der Waals surface area (Å²) in [6, 6.07) is 1.43. The van der Waals surface area contributed by atoms with Gasteiger partial charge in [-0.3, -0.25) is 4.90 Å². The molecule has 0 aromatic carbocycles.